The van der Waals surface area contributed by atoms with Crippen LogP contribution in [0.15, 0.2) is 58.7 Å². The van der Waals surface area contributed by atoms with Gasteiger partial charge in [0.05, 0.1) is 18.8 Å². The Morgan fingerprint density at radius 3 is 2.48 bits per heavy atom. The second kappa shape index (κ2) is 8.01. The normalized spacial score (nSPS) is 16.6. The van der Waals surface area contributed by atoms with Crippen molar-refractivity contribution >= 4 is 17.3 Å². The lowest BCUT2D eigenvalue weighted by molar-refractivity contribution is -0.153. The summed E-state index contributed by atoms with van der Waals surface area (Å²) in [6.07, 6.45) is -4.61. The average molecular weight is 437 g/mol. The van der Waals surface area contributed by atoms with Crippen LogP contribution < -0.4 is 15.0 Å². The molecule has 1 amide bonds. The summed E-state index contributed by atoms with van der Waals surface area (Å²) in [5.74, 6) is -1.92. The molecule has 2 aliphatic heterocycles. The molecule has 2 aliphatic rings. The highest BCUT2D eigenvalue weighted by atomic mass is 19.4. The zero-order chi connectivity index (χ0) is 22.2. The number of carbonyl (C=O) groups is 1. The number of nitrogens with one attached hydrogen (secondary N) is 1. The largest absolute Gasteiger partial charge is 0.483 e. The quantitative estimate of drug-likeness (QED) is 0.744. The van der Waals surface area contributed by atoms with E-state index in [0.717, 1.165) is 12.1 Å². The lowest BCUT2D eigenvalue weighted by atomic mass is 10.0. The Bertz CT molecular complexity index is 1080. The molecule has 0 unspecified atom stereocenters. The molecule has 2 aromatic carbocycles. The van der Waals surface area contributed by atoms with Gasteiger partial charge in [-0.3, -0.25) is 9.79 Å². The third-order valence-electron chi connectivity index (χ3n) is 4.77. The lowest BCUT2D eigenvalue weighted by Crippen LogP contribution is -2.31. The number of hydrogen-bond acceptors (Lipinski definition) is 4. The summed E-state index contributed by atoms with van der Waals surface area (Å²) in [6.45, 7) is -0.962. The van der Waals surface area contributed by atoms with Crippen molar-refractivity contribution in [2.24, 2.45) is 4.99 Å². The van der Waals surface area contributed by atoms with Crippen LogP contribution in [0.2, 0.25) is 0 Å². The first-order chi connectivity index (χ1) is 14.7. The average Bonchev–Trinajstić information content (AvgIpc) is 2.90. The molecule has 2 aromatic rings. The topological polar surface area (TPSA) is 53.9 Å². The molecule has 0 atom stereocenters. The first-order valence-electron chi connectivity index (χ1n) is 9.32. The molecule has 4 rings (SSSR count). The summed E-state index contributed by atoms with van der Waals surface area (Å²) in [5, 5.41) is 3.00. The number of aliphatic imine (C=N–C) groups is 1. The molecule has 0 saturated carbocycles. The minimum absolute atomic E-state index is 0.0573. The van der Waals surface area contributed by atoms with Gasteiger partial charge in [0.25, 0.3) is 5.91 Å². The predicted molar refractivity (Wildman–Crippen MR) is 103 cm³/mol. The number of alkyl halides is 3. The van der Waals surface area contributed by atoms with Gasteiger partial charge in [0.2, 0.25) is 0 Å². The van der Waals surface area contributed by atoms with Crippen molar-refractivity contribution in [3.63, 3.8) is 0 Å². The maximum Gasteiger partial charge on any atom is 0.422 e. The standard InChI is InChI=1S/C21H16F5N3O2/c22-12-1-4-14(5-2-12)29-10-16-18(27-7-8-28-19(16)20(29)30)15-6-3-13(23)9-17(15)31-11-21(24,25)26/h1-6,9,28H,7-8,10-11H2. The molecular weight excluding hydrogens is 421 g/mol. The smallest absolute Gasteiger partial charge is 0.422 e. The van der Waals surface area contributed by atoms with Crippen molar-refractivity contribution in [2.75, 3.05) is 31.1 Å². The van der Waals surface area contributed by atoms with E-state index in [1.165, 1.54) is 35.2 Å². The van der Waals surface area contributed by atoms with Crippen LogP contribution in [0, 0.1) is 11.6 Å². The Morgan fingerprint density at radius 1 is 1.06 bits per heavy atom. The molecule has 31 heavy (non-hydrogen) atoms. The highest BCUT2D eigenvalue weighted by Gasteiger charge is 2.36. The predicted octanol–water partition coefficient (Wildman–Crippen LogP) is 3.60. The van der Waals surface area contributed by atoms with Gasteiger partial charge in [-0.25, -0.2) is 8.78 Å². The Hall–Kier alpha value is -3.43. The second-order valence-corrected chi connectivity index (χ2v) is 6.92. The van der Waals surface area contributed by atoms with E-state index in [2.05, 4.69) is 10.3 Å². The fourth-order valence-corrected chi connectivity index (χ4v) is 3.44. The molecule has 0 bridgehead atoms. The van der Waals surface area contributed by atoms with Crippen molar-refractivity contribution in [1.29, 1.82) is 0 Å². The van der Waals surface area contributed by atoms with E-state index in [9.17, 15) is 26.7 Å². The van der Waals surface area contributed by atoms with E-state index < -0.39 is 24.4 Å². The summed E-state index contributed by atoms with van der Waals surface area (Å²) in [4.78, 5) is 18.8. The van der Waals surface area contributed by atoms with Crippen LogP contribution in [0.4, 0.5) is 27.6 Å². The summed E-state index contributed by atoms with van der Waals surface area (Å²) in [6, 6.07) is 8.57. The maximum atomic E-state index is 13.7. The summed E-state index contributed by atoms with van der Waals surface area (Å²) in [7, 11) is 0. The molecule has 0 fully saturated rings. The van der Waals surface area contributed by atoms with Crippen molar-refractivity contribution in [2.45, 2.75) is 6.18 Å². The first-order valence-corrected chi connectivity index (χ1v) is 9.32. The lowest BCUT2D eigenvalue weighted by Gasteiger charge is -2.19. The second-order valence-electron chi connectivity index (χ2n) is 6.92. The summed E-state index contributed by atoms with van der Waals surface area (Å²) >= 11 is 0. The van der Waals surface area contributed by atoms with Crippen LogP contribution in [0.25, 0.3) is 0 Å². The first kappa shape index (κ1) is 20.8. The van der Waals surface area contributed by atoms with Crippen molar-refractivity contribution < 1.29 is 31.5 Å². The maximum absolute atomic E-state index is 13.7. The molecule has 0 radical (unpaired) electrons. The van der Waals surface area contributed by atoms with Gasteiger partial charge in [-0.2, -0.15) is 13.2 Å². The van der Waals surface area contributed by atoms with Gasteiger partial charge >= 0.3 is 6.18 Å². The summed E-state index contributed by atoms with van der Waals surface area (Å²) in [5.41, 5.74) is 1.53. The van der Waals surface area contributed by atoms with E-state index in [0.29, 0.717) is 17.8 Å². The monoisotopic (exact) mass is 437 g/mol. The molecule has 0 spiro atoms. The third-order valence-corrected chi connectivity index (χ3v) is 4.77. The molecule has 0 aromatic heterocycles. The van der Waals surface area contributed by atoms with Gasteiger partial charge in [-0.1, -0.05) is 0 Å². The van der Waals surface area contributed by atoms with E-state index in [1.807, 2.05) is 0 Å². The van der Waals surface area contributed by atoms with Crippen LogP contribution in [-0.4, -0.2) is 44.0 Å². The third kappa shape index (κ3) is 4.37. The highest BCUT2D eigenvalue weighted by molar-refractivity contribution is 6.23. The molecule has 162 valence electrons. The van der Waals surface area contributed by atoms with E-state index >= 15 is 0 Å². The van der Waals surface area contributed by atoms with Crippen LogP contribution in [0.3, 0.4) is 0 Å². The van der Waals surface area contributed by atoms with Crippen LogP contribution in [0.1, 0.15) is 5.56 Å². The molecule has 5 nitrogen and oxygen atoms in total. The Balaban J connectivity index is 1.71. The molecule has 10 heteroatoms. The van der Waals surface area contributed by atoms with Crippen molar-refractivity contribution in [3.8, 4) is 5.75 Å². The highest BCUT2D eigenvalue weighted by Crippen LogP contribution is 2.32. The van der Waals surface area contributed by atoms with Gasteiger partial charge < -0.3 is 15.0 Å². The Labute approximate surface area is 173 Å². The number of nitrogens with zero attached hydrogens (tertiary/aromatic N) is 2. The number of amides is 1. The molecular formula is C21H16F5N3O2. The van der Waals surface area contributed by atoms with Gasteiger partial charge in [-0.05, 0) is 36.4 Å². The minimum atomic E-state index is -4.61. The van der Waals surface area contributed by atoms with Crippen LogP contribution in [0.5, 0.6) is 5.75 Å². The number of benzene rings is 2. The van der Waals surface area contributed by atoms with E-state index in [4.69, 9.17) is 4.74 Å². The number of hydrogen-bond donors (Lipinski definition) is 1. The Kier molecular flexibility index (Phi) is 5.38. The number of carbonyl (C=O) groups excluding carboxylic acids is 1. The van der Waals surface area contributed by atoms with Crippen molar-refractivity contribution in [1.82, 2.24) is 5.32 Å². The Morgan fingerprint density at radius 2 is 1.77 bits per heavy atom. The number of ether oxygens (including phenoxy) is 1. The van der Waals surface area contributed by atoms with E-state index in [-0.39, 0.29) is 41.7 Å². The van der Waals surface area contributed by atoms with E-state index in [1.54, 1.807) is 0 Å². The minimum Gasteiger partial charge on any atom is -0.483 e. The zero-order valence-corrected chi connectivity index (χ0v) is 16.0. The van der Waals surface area contributed by atoms with Gasteiger partial charge in [-0.15, -0.1) is 0 Å². The van der Waals surface area contributed by atoms with Crippen molar-refractivity contribution in [3.05, 3.63) is 70.9 Å². The number of rotatable bonds is 4. The number of anilines is 1. The van der Waals surface area contributed by atoms with Crippen LogP contribution in [-0.2, 0) is 4.79 Å². The molecule has 2 heterocycles. The molecule has 0 saturated heterocycles. The van der Waals surface area contributed by atoms with Gasteiger partial charge in [0.1, 0.15) is 23.1 Å². The number of halogens is 5. The van der Waals surface area contributed by atoms with Gasteiger partial charge in [0.15, 0.2) is 6.61 Å². The molecule has 1 N–H and O–H groups in total. The summed E-state index contributed by atoms with van der Waals surface area (Å²) < 4.78 is 69.9. The molecule has 0 aliphatic carbocycles. The zero-order valence-electron chi connectivity index (χ0n) is 16.0. The van der Waals surface area contributed by atoms with Crippen LogP contribution >= 0.6 is 0 Å². The van der Waals surface area contributed by atoms with Gasteiger partial charge in [0, 0.05) is 29.4 Å². The fourth-order valence-electron chi connectivity index (χ4n) is 3.44. The SMILES string of the molecule is O=C1C2=C(CN1c1ccc(F)cc1)C(c1ccc(F)cc1OCC(F)(F)F)=NCCN2. The fraction of sp³-hybridized carbons (Fsp3) is 0.238.